The Kier molecular flexibility index (Phi) is 63.7. The number of carbonyl (C=O) groups is 4. The Morgan fingerprint density at radius 2 is 0.554 bits per heavy atom. The molecule has 0 heterocycles. The van der Waals surface area contributed by atoms with E-state index in [1.807, 2.05) is 0 Å². The SMILES string of the molecule is CCCCCCCCCCCCC(=O)O[C@H](COC(=O)CCCCCCCCCC)COP(=O)(O)OC[C@H](O)COP(=O)(O)OC[C@@H](COC(=O)CCCCCCCCCCCC(C)C)OC(=O)CCCCCCCCCCCCCCCCCCCCC(C)CC. The minimum absolute atomic E-state index is 0.106. The van der Waals surface area contributed by atoms with Crippen molar-refractivity contribution >= 4 is 39.5 Å². The smallest absolute Gasteiger partial charge is 0.462 e. The molecular formula is C73H142O17P2. The maximum absolute atomic E-state index is 13.1. The predicted octanol–water partition coefficient (Wildman–Crippen LogP) is 21.2. The largest absolute Gasteiger partial charge is 0.472 e. The summed E-state index contributed by atoms with van der Waals surface area (Å²) in [5.74, 6) is -0.509. The lowest BCUT2D eigenvalue weighted by Gasteiger charge is -2.21. The molecule has 3 N–H and O–H groups in total. The molecule has 0 saturated heterocycles. The molecule has 0 aromatic carbocycles. The van der Waals surface area contributed by atoms with Crippen molar-refractivity contribution in [1.29, 1.82) is 0 Å². The third-order valence-corrected chi connectivity index (χ3v) is 19.2. The molecule has 0 aliphatic rings. The third-order valence-electron chi connectivity index (χ3n) is 17.3. The molecule has 6 atom stereocenters. The molecule has 19 heteroatoms. The fourth-order valence-electron chi connectivity index (χ4n) is 11.1. The fraction of sp³-hybridized carbons (Fsp3) is 0.945. The van der Waals surface area contributed by atoms with E-state index in [0.717, 1.165) is 108 Å². The van der Waals surface area contributed by atoms with Crippen molar-refractivity contribution in [3.63, 3.8) is 0 Å². The number of aliphatic hydroxyl groups is 1. The van der Waals surface area contributed by atoms with Crippen LogP contribution in [0, 0.1) is 11.8 Å². The van der Waals surface area contributed by atoms with Gasteiger partial charge in [-0.1, -0.05) is 324 Å². The van der Waals surface area contributed by atoms with Gasteiger partial charge < -0.3 is 33.8 Å². The van der Waals surface area contributed by atoms with Crippen LogP contribution in [0.1, 0.15) is 375 Å². The molecule has 3 unspecified atom stereocenters. The van der Waals surface area contributed by atoms with Crippen LogP contribution in [0.15, 0.2) is 0 Å². The van der Waals surface area contributed by atoms with Crippen LogP contribution in [0.3, 0.4) is 0 Å². The first kappa shape index (κ1) is 90.1. The van der Waals surface area contributed by atoms with Crippen molar-refractivity contribution in [3.05, 3.63) is 0 Å². The first-order chi connectivity index (χ1) is 44.4. The monoisotopic (exact) mass is 1350 g/mol. The van der Waals surface area contributed by atoms with Crippen molar-refractivity contribution in [2.75, 3.05) is 39.6 Å². The summed E-state index contributed by atoms with van der Waals surface area (Å²) in [5.41, 5.74) is 0. The Morgan fingerprint density at radius 1 is 0.315 bits per heavy atom. The highest BCUT2D eigenvalue weighted by Crippen LogP contribution is 2.45. The van der Waals surface area contributed by atoms with E-state index in [2.05, 4.69) is 41.5 Å². The van der Waals surface area contributed by atoms with Crippen LogP contribution in [-0.2, 0) is 65.4 Å². The van der Waals surface area contributed by atoms with Gasteiger partial charge in [-0.05, 0) is 37.5 Å². The number of unbranched alkanes of at least 4 members (excludes halogenated alkanes) is 41. The normalized spacial score (nSPS) is 14.4. The third kappa shape index (κ3) is 65.4. The minimum atomic E-state index is -4.95. The van der Waals surface area contributed by atoms with Gasteiger partial charge in [0.05, 0.1) is 26.4 Å². The summed E-state index contributed by atoms with van der Waals surface area (Å²) in [4.78, 5) is 72.5. The zero-order chi connectivity index (χ0) is 67.9. The number of carbonyl (C=O) groups excluding carboxylic acids is 4. The Hall–Kier alpha value is -1.94. The fourth-order valence-corrected chi connectivity index (χ4v) is 12.7. The molecule has 0 aromatic heterocycles. The maximum Gasteiger partial charge on any atom is 0.472 e. The molecule has 0 amide bonds. The predicted molar refractivity (Wildman–Crippen MR) is 372 cm³/mol. The summed E-state index contributed by atoms with van der Waals surface area (Å²) in [6.45, 7) is 9.58. The van der Waals surface area contributed by atoms with E-state index in [-0.39, 0.29) is 25.7 Å². The summed E-state index contributed by atoms with van der Waals surface area (Å²) in [6.07, 6.45) is 51.5. The summed E-state index contributed by atoms with van der Waals surface area (Å²) < 4.78 is 68.3. The lowest BCUT2D eigenvalue weighted by Crippen LogP contribution is -2.30. The van der Waals surface area contributed by atoms with E-state index in [1.54, 1.807) is 0 Å². The molecule has 0 aliphatic carbocycles. The molecule has 0 saturated carbocycles. The van der Waals surface area contributed by atoms with Gasteiger partial charge in [0.2, 0.25) is 0 Å². The number of phosphoric ester groups is 2. The number of hydrogen-bond acceptors (Lipinski definition) is 15. The van der Waals surface area contributed by atoms with E-state index >= 15 is 0 Å². The van der Waals surface area contributed by atoms with Crippen LogP contribution in [0.2, 0.25) is 0 Å². The molecule has 0 aliphatic heterocycles. The zero-order valence-corrected chi connectivity index (χ0v) is 61.6. The molecule has 17 nitrogen and oxygen atoms in total. The molecule has 0 fully saturated rings. The van der Waals surface area contributed by atoms with E-state index in [9.17, 15) is 43.2 Å². The highest BCUT2D eigenvalue weighted by molar-refractivity contribution is 7.47. The van der Waals surface area contributed by atoms with Crippen LogP contribution >= 0.6 is 15.6 Å². The number of phosphoric acid groups is 2. The Morgan fingerprint density at radius 3 is 0.826 bits per heavy atom. The molecular weight excluding hydrogens is 1210 g/mol. The van der Waals surface area contributed by atoms with Crippen molar-refractivity contribution in [1.82, 2.24) is 0 Å². The molecule has 0 aromatic rings. The Bertz CT molecular complexity index is 1790. The summed E-state index contributed by atoms with van der Waals surface area (Å²) in [6, 6.07) is 0. The van der Waals surface area contributed by atoms with E-state index < -0.39 is 97.5 Å². The van der Waals surface area contributed by atoms with E-state index in [4.69, 9.17) is 37.0 Å². The number of aliphatic hydroxyl groups excluding tert-OH is 1. The number of ether oxygens (including phenoxy) is 4. The average molecular weight is 1350 g/mol. The second-order valence-corrected chi connectivity index (χ2v) is 30.0. The van der Waals surface area contributed by atoms with Crippen LogP contribution in [0.4, 0.5) is 0 Å². The van der Waals surface area contributed by atoms with E-state index in [1.165, 1.54) is 186 Å². The lowest BCUT2D eigenvalue weighted by molar-refractivity contribution is -0.161. The summed E-state index contributed by atoms with van der Waals surface area (Å²) in [7, 11) is -9.90. The second kappa shape index (κ2) is 65.0. The summed E-state index contributed by atoms with van der Waals surface area (Å²) in [5, 5.41) is 10.6. The quantitative estimate of drug-likeness (QED) is 0.0222. The van der Waals surface area contributed by atoms with Gasteiger partial charge in [-0.25, -0.2) is 9.13 Å². The summed E-state index contributed by atoms with van der Waals surface area (Å²) >= 11 is 0. The van der Waals surface area contributed by atoms with Crippen LogP contribution in [0.25, 0.3) is 0 Å². The zero-order valence-electron chi connectivity index (χ0n) is 59.9. The maximum atomic E-state index is 13.1. The number of hydrogen-bond donors (Lipinski definition) is 3. The van der Waals surface area contributed by atoms with Crippen molar-refractivity contribution in [3.8, 4) is 0 Å². The molecule has 0 spiro atoms. The molecule has 546 valence electrons. The Balaban J connectivity index is 5.14. The van der Waals surface area contributed by atoms with Gasteiger partial charge >= 0.3 is 39.5 Å². The van der Waals surface area contributed by atoms with Crippen molar-refractivity contribution in [2.45, 2.75) is 394 Å². The molecule has 92 heavy (non-hydrogen) atoms. The van der Waals surface area contributed by atoms with Gasteiger partial charge in [0, 0.05) is 25.7 Å². The first-order valence-corrected chi connectivity index (χ1v) is 41.0. The molecule has 0 rings (SSSR count). The standard InChI is InChI=1S/C73H142O17P2/c1-7-10-12-14-16-18-32-39-45-51-57-72(77)89-68(61-83-70(75)55-49-43-37-17-15-13-11-8-2)63-87-91(79,80)85-59-67(74)60-86-92(81,82)88-64-69(62-84-71(76)56-50-44-38-34-29-30-35-41-47-53-65(4)5)90-73(78)58-52-46-40-33-28-26-24-22-20-19-21-23-25-27-31-36-42-48-54-66(6)9-3/h65-69,74H,7-64H2,1-6H3,(H,79,80)(H,81,82)/t66?,67-,68+,69+/m0/s1. The van der Waals surface area contributed by atoms with Crippen LogP contribution < -0.4 is 0 Å². The van der Waals surface area contributed by atoms with Crippen LogP contribution in [0.5, 0.6) is 0 Å². The van der Waals surface area contributed by atoms with Gasteiger partial charge in [-0.2, -0.15) is 0 Å². The van der Waals surface area contributed by atoms with Gasteiger partial charge in [0.15, 0.2) is 12.2 Å². The van der Waals surface area contributed by atoms with Crippen molar-refractivity contribution in [2.24, 2.45) is 11.8 Å². The average Bonchev–Trinajstić information content (AvgIpc) is 3.58. The minimum Gasteiger partial charge on any atom is -0.462 e. The highest BCUT2D eigenvalue weighted by atomic mass is 31.2. The number of esters is 4. The molecule has 0 radical (unpaired) electrons. The lowest BCUT2D eigenvalue weighted by atomic mass is 9.99. The topological polar surface area (TPSA) is 237 Å². The number of rotatable bonds is 72. The second-order valence-electron chi connectivity index (χ2n) is 27.1. The Labute approximate surface area is 562 Å². The molecule has 0 bridgehead atoms. The van der Waals surface area contributed by atoms with Crippen molar-refractivity contribution < 1.29 is 80.2 Å². The van der Waals surface area contributed by atoms with Gasteiger partial charge in [-0.3, -0.25) is 37.3 Å². The van der Waals surface area contributed by atoms with Crippen LogP contribution in [-0.4, -0.2) is 96.7 Å². The first-order valence-electron chi connectivity index (χ1n) is 38.0. The van der Waals surface area contributed by atoms with Gasteiger partial charge in [-0.15, -0.1) is 0 Å². The van der Waals surface area contributed by atoms with Gasteiger partial charge in [0.1, 0.15) is 19.3 Å². The van der Waals surface area contributed by atoms with Gasteiger partial charge in [0.25, 0.3) is 0 Å². The highest BCUT2D eigenvalue weighted by Gasteiger charge is 2.30. The van der Waals surface area contributed by atoms with E-state index in [0.29, 0.717) is 25.7 Å².